The third-order valence-corrected chi connectivity index (χ3v) is 6.18. The smallest absolute Gasteiger partial charge is 0.433 e. The molecule has 0 saturated carbocycles. The molecule has 1 unspecified atom stereocenters. The number of rotatable bonds is 4. The molecular formula is C27H23F3N4O2. The van der Waals surface area contributed by atoms with Crippen LogP contribution in [0.1, 0.15) is 35.3 Å². The van der Waals surface area contributed by atoms with Gasteiger partial charge in [0.05, 0.1) is 28.8 Å². The van der Waals surface area contributed by atoms with E-state index in [-0.39, 0.29) is 11.5 Å². The Hall–Kier alpha value is -4.14. The van der Waals surface area contributed by atoms with Crippen LogP contribution in [0.5, 0.6) is 0 Å². The van der Waals surface area contributed by atoms with Crippen molar-refractivity contribution in [2.45, 2.75) is 33.0 Å². The van der Waals surface area contributed by atoms with Gasteiger partial charge in [0.25, 0.3) is 0 Å². The average Bonchev–Trinajstić information content (AvgIpc) is 3.20. The molecule has 3 heterocycles. The second kappa shape index (κ2) is 8.51. The van der Waals surface area contributed by atoms with Crippen LogP contribution in [0, 0.1) is 13.8 Å². The number of benzene rings is 2. The maximum atomic E-state index is 13.4. The summed E-state index contributed by atoms with van der Waals surface area (Å²) in [6.07, 6.45) is -1.47. The summed E-state index contributed by atoms with van der Waals surface area (Å²) in [6.45, 7) is 5.48. The third-order valence-electron chi connectivity index (χ3n) is 6.18. The highest BCUT2D eigenvalue weighted by molar-refractivity contribution is 5.87. The summed E-state index contributed by atoms with van der Waals surface area (Å²) in [5.41, 5.74) is 3.42. The summed E-state index contributed by atoms with van der Waals surface area (Å²) < 4.78 is 46.7. The summed E-state index contributed by atoms with van der Waals surface area (Å²) in [5, 5.41) is 8.94. The molecule has 0 amide bonds. The Morgan fingerprint density at radius 1 is 1.08 bits per heavy atom. The Labute approximate surface area is 204 Å². The van der Waals surface area contributed by atoms with Crippen molar-refractivity contribution in [3.05, 3.63) is 87.5 Å². The molecule has 1 N–H and O–H groups in total. The van der Waals surface area contributed by atoms with E-state index in [1.54, 1.807) is 17.7 Å². The fraction of sp³-hybridized carbons (Fsp3) is 0.222. The first-order valence-corrected chi connectivity index (χ1v) is 11.3. The Bertz CT molecular complexity index is 1670. The minimum atomic E-state index is -4.51. The van der Waals surface area contributed by atoms with E-state index in [0.717, 1.165) is 34.3 Å². The lowest BCUT2D eigenvalue weighted by Crippen LogP contribution is -2.13. The molecule has 0 aliphatic carbocycles. The van der Waals surface area contributed by atoms with E-state index in [1.165, 1.54) is 6.07 Å². The number of aromatic nitrogens is 3. The summed E-state index contributed by atoms with van der Waals surface area (Å²) in [5.74, 6) is 0.465. The molecule has 9 heteroatoms. The molecule has 0 aliphatic heterocycles. The molecule has 0 bridgehead atoms. The Morgan fingerprint density at radius 3 is 2.56 bits per heavy atom. The summed E-state index contributed by atoms with van der Waals surface area (Å²) in [7, 11) is 1.84. The Kier molecular flexibility index (Phi) is 5.58. The van der Waals surface area contributed by atoms with Gasteiger partial charge in [0, 0.05) is 35.3 Å². The lowest BCUT2D eigenvalue weighted by Gasteiger charge is -2.19. The van der Waals surface area contributed by atoms with Crippen molar-refractivity contribution in [2.75, 3.05) is 5.32 Å². The number of nitrogens with one attached hydrogen (secondary N) is 1. The number of aryl methyl sites for hydroxylation is 2. The van der Waals surface area contributed by atoms with E-state index in [9.17, 15) is 18.0 Å². The highest BCUT2D eigenvalue weighted by Crippen LogP contribution is 2.33. The largest absolute Gasteiger partial charge is 0.455 e. The molecule has 5 aromatic rings. The average molecular weight is 493 g/mol. The fourth-order valence-corrected chi connectivity index (χ4v) is 4.43. The van der Waals surface area contributed by atoms with Gasteiger partial charge in [-0.3, -0.25) is 9.48 Å². The van der Waals surface area contributed by atoms with Crippen molar-refractivity contribution in [3.63, 3.8) is 0 Å². The molecule has 0 spiro atoms. The number of pyridine rings is 1. The van der Waals surface area contributed by atoms with E-state index in [4.69, 9.17) is 4.42 Å². The van der Waals surface area contributed by atoms with Gasteiger partial charge >= 0.3 is 6.18 Å². The van der Waals surface area contributed by atoms with Gasteiger partial charge in [0.15, 0.2) is 5.43 Å². The molecule has 0 fully saturated rings. The molecule has 0 radical (unpaired) electrons. The lowest BCUT2D eigenvalue weighted by atomic mass is 9.98. The minimum Gasteiger partial charge on any atom is -0.455 e. The van der Waals surface area contributed by atoms with Gasteiger partial charge < -0.3 is 9.73 Å². The fourth-order valence-electron chi connectivity index (χ4n) is 4.43. The molecule has 6 nitrogen and oxygen atoms in total. The first-order chi connectivity index (χ1) is 17.0. The zero-order chi connectivity index (χ0) is 25.8. The molecule has 0 saturated heterocycles. The highest BCUT2D eigenvalue weighted by atomic mass is 19.4. The van der Waals surface area contributed by atoms with Crippen molar-refractivity contribution in [3.8, 4) is 11.3 Å². The summed E-state index contributed by atoms with van der Waals surface area (Å²) in [6, 6.07) is 11.3. The van der Waals surface area contributed by atoms with E-state index in [1.807, 2.05) is 51.4 Å². The molecule has 2 aromatic carbocycles. The molecule has 0 aliphatic rings. The van der Waals surface area contributed by atoms with Crippen molar-refractivity contribution >= 4 is 27.6 Å². The van der Waals surface area contributed by atoms with Crippen LogP contribution in [0.4, 0.5) is 18.9 Å². The highest BCUT2D eigenvalue weighted by Gasteiger charge is 2.32. The zero-order valence-electron chi connectivity index (χ0n) is 20.1. The monoisotopic (exact) mass is 492 g/mol. The quantitative estimate of drug-likeness (QED) is 0.308. The van der Waals surface area contributed by atoms with E-state index in [2.05, 4.69) is 15.4 Å². The van der Waals surface area contributed by atoms with E-state index < -0.39 is 11.9 Å². The van der Waals surface area contributed by atoms with Crippen LogP contribution in [0.15, 0.2) is 64.1 Å². The van der Waals surface area contributed by atoms with Crippen molar-refractivity contribution < 1.29 is 17.6 Å². The second-order valence-electron chi connectivity index (χ2n) is 8.99. The minimum absolute atomic E-state index is 0.133. The molecule has 1 atom stereocenters. The van der Waals surface area contributed by atoms with Crippen molar-refractivity contribution in [2.24, 2.45) is 7.05 Å². The van der Waals surface area contributed by atoms with Crippen LogP contribution >= 0.6 is 0 Å². The number of halogens is 3. The molecular weight excluding hydrogens is 469 g/mol. The van der Waals surface area contributed by atoms with Crippen LogP contribution in [-0.2, 0) is 13.2 Å². The van der Waals surface area contributed by atoms with Gasteiger partial charge in [-0.2, -0.15) is 18.3 Å². The number of hydrogen-bond donors (Lipinski definition) is 1. The number of fused-ring (bicyclic) bond motifs is 2. The zero-order valence-corrected chi connectivity index (χ0v) is 20.1. The maximum Gasteiger partial charge on any atom is 0.433 e. The number of alkyl halides is 3. The topological polar surface area (TPSA) is 73.0 Å². The molecule has 5 rings (SSSR count). The van der Waals surface area contributed by atoms with Crippen LogP contribution in [0.3, 0.4) is 0 Å². The van der Waals surface area contributed by atoms with Crippen LogP contribution in [0.25, 0.3) is 33.2 Å². The van der Waals surface area contributed by atoms with Gasteiger partial charge in [0.2, 0.25) is 0 Å². The van der Waals surface area contributed by atoms with Gasteiger partial charge in [-0.25, -0.2) is 4.98 Å². The third kappa shape index (κ3) is 4.21. The Balaban J connectivity index is 1.60. The summed E-state index contributed by atoms with van der Waals surface area (Å²) >= 11 is 0. The Morgan fingerprint density at radius 2 is 1.86 bits per heavy atom. The van der Waals surface area contributed by atoms with Crippen molar-refractivity contribution in [1.29, 1.82) is 0 Å². The molecule has 3 aromatic heterocycles. The van der Waals surface area contributed by atoms with Crippen LogP contribution < -0.4 is 10.7 Å². The predicted octanol–water partition coefficient (Wildman–Crippen LogP) is 6.55. The number of anilines is 1. The molecule has 184 valence electrons. The maximum absolute atomic E-state index is 13.4. The number of nitrogens with zero attached hydrogens (tertiary/aromatic N) is 3. The first kappa shape index (κ1) is 23.6. The first-order valence-electron chi connectivity index (χ1n) is 11.3. The van der Waals surface area contributed by atoms with E-state index in [0.29, 0.717) is 33.5 Å². The molecule has 36 heavy (non-hydrogen) atoms. The van der Waals surface area contributed by atoms with Gasteiger partial charge in [-0.1, -0.05) is 6.07 Å². The van der Waals surface area contributed by atoms with Gasteiger partial charge in [0.1, 0.15) is 17.0 Å². The van der Waals surface area contributed by atoms with E-state index >= 15 is 0 Å². The number of hydrogen-bond acceptors (Lipinski definition) is 5. The lowest BCUT2D eigenvalue weighted by molar-refractivity contribution is -0.141. The van der Waals surface area contributed by atoms with Crippen LogP contribution in [0.2, 0.25) is 0 Å². The normalized spacial score (nSPS) is 12.9. The van der Waals surface area contributed by atoms with Crippen LogP contribution in [-0.4, -0.2) is 14.8 Å². The van der Waals surface area contributed by atoms with Crippen molar-refractivity contribution in [1.82, 2.24) is 14.8 Å². The van der Waals surface area contributed by atoms with Gasteiger partial charge in [-0.05, 0) is 62.7 Å². The predicted molar refractivity (Wildman–Crippen MR) is 133 cm³/mol. The SMILES string of the molecule is Cc1cc(C(C)Nc2ccc(C(F)(F)F)nc2)c2oc(-c3ccc4nn(C)cc4c3)c(C)c(=O)c2c1. The standard InChI is InChI=1S/C27H23F3N4O2/c1-14-9-20(16(3)32-19-6-8-23(31-12-19)27(28,29)30)26-21(10-14)24(35)15(2)25(36-26)17-5-7-22-18(11-17)13-34(4)33-22/h5-13,16,32H,1-4H3. The second-order valence-corrected chi connectivity index (χ2v) is 8.99. The summed E-state index contributed by atoms with van der Waals surface area (Å²) in [4.78, 5) is 16.9. The van der Waals surface area contributed by atoms with Gasteiger partial charge in [-0.15, -0.1) is 0 Å².